The molecule has 0 spiro atoms. The highest BCUT2D eigenvalue weighted by atomic mass is 16.2. The fourth-order valence-corrected chi connectivity index (χ4v) is 3.33. The zero-order valence-corrected chi connectivity index (χ0v) is 14.1. The van der Waals surface area contributed by atoms with Crippen LogP contribution in [0.5, 0.6) is 0 Å². The minimum Gasteiger partial charge on any atom is -0.355 e. The van der Waals surface area contributed by atoms with E-state index in [2.05, 4.69) is 16.0 Å². The first kappa shape index (κ1) is 17.7. The van der Waals surface area contributed by atoms with Crippen molar-refractivity contribution in [2.24, 2.45) is 5.92 Å². The molecule has 0 bridgehead atoms. The smallest absolute Gasteiger partial charge is 0.325 e. The molecule has 2 aliphatic heterocycles. The standard InChI is InChI=1S/C16H28N4O3/c1-3-16(4-2)14(22)20(15(23)19-16)11-13(21)18-9-7-12-6-5-8-17-10-12/h12,17H,3-11H2,1-2H3,(H,18,21)(H,19,23). The molecular formula is C16H28N4O3. The summed E-state index contributed by atoms with van der Waals surface area (Å²) >= 11 is 0. The van der Waals surface area contributed by atoms with Gasteiger partial charge in [0.05, 0.1) is 0 Å². The van der Waals surface area contributed by atoms with E-state index in [0.717, 1.165) is 24.4 Å². The normalized spacial score (nSPS) is 23.7. The van der Waals surface area contributed by atoms with Gasteiger partial charge in [-0.05, 0) is 51.1 Å². The number of hydrogen-bond donors (Lipinski definition) is 3. The molecule has 4 amide bonds. The molecule has 1 unspecified atom stereocenters. The van der Waals surface area contributed by atoms with Gasteiger partial charge in [0.2, 0.25) is 5.91 Å². The molecule has 2 heterocycles. The second kappa shape index (κ2) is 7.77. The van der Waals surface area contributed by atoms with Crippen molar-refractivity contribution in [3.63, 3.8) is 0 Å². The molecular weight excluding hydrogens is 296 g/mol. The first-order valence-corrected chi connectivity index (χ1v) is 8.64. The van der Waals surface area contributed by atoms with Crippen molar-refractivity contribution in [3.05, 3.63) is 0 Å². The molecule has 0 aromatic heterocycles. The maximum absolute atomic E-state index is 12.4. The quantitative estimate of drug-likeness (QED) is 0.598. The topological polar surface area (TPSA) is 90.5 Å². The molecule has 0 saturated carbocycles. The van der Waals surface area contributed by atoms with Gasteiger partial charge in [0.25, 0.3) is 5.91 Å². The number of hydrogen-bond acceptors (Lipinski definition) is 4. The zero-order valence-electron chi connectivity index (χ0n) is 14.1. The maximum Gasteiger partial charge on any atom is 0.325 e. The van der Waals surface area contributed by atoms with Crippen LogP contribution in [0.3, 0.4) is 0 Å². The Hall–Kier alpha value is -1.63. The van der Waals surface area contributed by atoms with Gasteiger partial charge in [0.15, 0.2) is 0 Å². The fraction of sp³-hybridized carbons (Fsp3) is 0.812. The van der Waals surface area contributed by atoms with E-state index < -0.39 is 11.6 Å². The highest BCUT2D eigenvalue weighted by Crippen LogP contribution is 2.24. The second-order valence-electron chi connectivity index (χ2n) is 6.46. The lowest BCUT2D eigenvalue weighted by molar-refractivity contribution is -0.135. The van der Waals surface area contributed by atoms with E-state index in [1.165, 1.54) is 12.8 Å². The van der Waals surface area contributed by atoms with Gasteiger partial charge < -0.3 is 16.0 Å². The van der Waals surface area contributed by atoms with E-state index in [-0.39, 0.29) is 18.4 Å². The number of carbonyl (C=O) groups is 3. The summed E-state index contributed by atoms with van der Waals surface area (Å²) in [6.07, 6.45) is 4.34. The molecule has 23 heavy (non-hydrogen) atoms. The first-order valence-electron chi connectivity index (χ1n) is 8.64. The van der Waals surface area contributed by atoms with Gasteiger partial charge in [-0.1, -0.05) is 13.8 Å². The van der Waals surface area contributed by atoms with Crippen LogP contribution in [-0.4, -0.2) is 54.5 Å². The highest BCUT2D eigenvalue weighted by molar-refractivity contribution is 6.08. The van der Waals surface area contributed by atoms with E-state index >= 15 is 0 Å². The van der Waals surface area contributed by atoms with Gasteiger partial charge in [-0.3, -0.25) is 14.5 Å². The van der Waals surface area contributed by atoms with Crippen molar-refractivity contribution in [1.29, 1.82) is 0 Å². The predicted octanol–water partition coefficient (Wildman–Crippen LogP) is 0.603. The van der Waals surface area contributed by atoms with Crippen LogP contribution in [0.25, 0.3) is 0 Å². The molecule has 2 saturated heterocycles. The average Bonchev–Trinajstić information content (AvgIpc) is 2.80. The second-order valence-corrected chi connectivity index (χ2v) is 6.46. The lowest BCUT2D eigenvalue weighted by Gasteiger charge is -2.23. The number of carbonyl (C=O) groups excluding carboxylic acids is 3. The molecule has 0 aromatic carbocycles. The first-order chi connectivity index (χ1) is 11.0. The molecule has 2 rings (SSSR count). The van der Waals surface area contributed by atoms with E-state index in [4.69, 9.17) is 0 Å². The van der Waals surface area contributed by atoms with Gasteiger partial charge >= 0.3 is 6.03 Å². The average molecular weight is 324 g/mol. The van der Waals surface area contributed by atoms with Crippen molar-refractivity contribution in [2.45, 2.75) is 51.5 Å². The Morgan fingerprint density at radius 2 is 2.09 bits per heavy atom. The minimum absolute atomic E-state index is 0.199. The van der Waals surface area contributed by atoms with Crippen molar-refractivity contribution in [3.8, 4) is 0 Å². The molecule has 3 N–H and O–H groups in total. The molecule has 2 aliphatic rings. The van der Waals surface area contributed by atoms with Crippen LogP contribution in [0.15, 0.2) is 0 Å². The minimum atomic E-state index is -0.842. The number of amides is 4. The SMILES string of the molecule is CCC1(CC)NC(=O)N(CC(=O)NCCC2CCCNC2)C1=O. The molecule has 0 aliphatic carbocycles. The van der Waals surface area contributed by atoms with E-state index in [0.29, 0.717) is 25.3 Å². The summed E-state index contributed by atoms with van der Waals surface area (Å²) in [7, 11) is 0. The summed E-state index contributed by atoms with van der Waals surface area (Å²) in [6.45, 7) is 6.19. The Kier molecular flexibility index (Phi) is 5.98. The predicted molar refractivity (Wildman–Crippen MR) is 86.8 cm³/mol. The van der Waals surface area contributed by atoms with E-state index in [9.17, 15) is 14.4 Å². The van der Waals surface area contributed by atoms with Crippen LogP contribution in [0.2, 0.25) is 0 Å². The molecule has 7 heteroatoms. The zero-order chi connectivity index (χ0) is 16.9. The van der Waals surface area contributed by atoms with Crippen molar-refractivity contribution in [1.82, 2.24) is 20.9 Å². The molecule has 0 aromatic rings. The Labute approximate surface area is 137 Å². The van der Waals surface area contributed by atoms with Gasteiger partial charge in [-0.2, -0.15) is 0 Å². The largest absolute Gasteiger partial charge is 0.355 e. The maximum atomic E-state index is 12.4. The molecule has 7 nitrogen and oxygen atoms in total. The lowest BCUT2D eigenvalue weighted by atomic mass is 9.93. The summed E-state index contributed by atoms with van der Waals surface area (Å²) in [6, 6.07) is -0.467. The van der Waals surface area contributed by atoms with Crippen molar-refractivity contribution >= 4 is 17.8 Å². The van der Waals surface area contributed by atoms with E-state index in [1.54, 1.807) is 0 Å². The third kappa shape index (κ3) is 4.02. The number of nitrogens with zero attached hydrogens (tertiary/aromatic N) is 1. The lowest BCUT2D eigenvalue weighted by Crippen LogP contribution is -2.46. The summed E-state index contributed by atoms with van der Waals surface area (Å²) in [5.74, 6) is 0.0213. The Morgan fingerprint density at radius 3 is 2.65 bits per heavy atom. The number of urea groups is 1. The Balaban J connectivity index is 1.78. The molecule has 0 radical (unpaired) electrons. The molecule has 1 atom stereocenters. The van der Waals surface area contributed by atoms with Gasteiger partial charge in [0, 0.05) is 6.54 Å². The van der Waals surface area contributed by atoms with Crippen LogP contribution in [0.1, 0.15) is 46.0 Å². The third-order valence-corrected chi connectivity index (χ3v) is 5.03. The van der Waals surface area contributed by atoms with Crippen LogP contribution >= 0.6 is 0 Å². The van der Waals surface area contributed by atoms with Crippen LogP contribution in [0, 0.1) is 5.92 Å². The summed E-state index contributed by atoms with van der Waals surface area (Å²) in [5.41, 5.74) is -0.842. The number of rotatable bonds is 7. The number of piperidine rings is 1. The molecule has 2 fully saturated rings. The summed E-state index contributed by atoms with van der Waals surface area (Å²) < 4.78 is 0. The summed E-state index contributed by atoms with van der Waals surface area (Å²) in [5, 5.41) is 8.90. The highest BCUT2D eigenvalue weighted by Gasteiger charge is 2.49. The van der Waals surface area contributed by atoms with Crippen LogP contribution < -0.4 is 16.0 Å². The van der Waals surface area contributed by atoms with Gasteiger partial charge in [0.1, 0.15) is 12.1 Å². The Morgan fingerprint density at radius 1 is 1.35 bits per heavy atom. The van der Waals surface area contributed by atoms with E-state index in [1.807, 2.05) is 13.8 Å². The number of nitrogens with one attached hydrogen (secondary N) is 3. The fourth-order valence-electron chi connectivity index (χ4n) is 3.33. The van der Waals surface area contributed by atoms with Crippen molar-refractivity contribution < 1.29 is 14.4 Å². The Bertz CT molecular complexity index is 456. The van der Waals surface area contributed by atoms with Crippen LogP contribution in [-0.2, 0) is 9.59 Å². The van der Waals surface area contributed by atoms with Gasteiger partial charge in [-0.25, -0.2) is 4.79 Å². The van der Waals surface area contributed by atoms with Gasteiger partial charge in [-0.15, -0.1) is 0 Å². The number of imide groups is 1. The monoisotopic (exact) mass is 324 g/mol. The summed E-state index contributed by atoms with van der Waals surface area (Å²) in [4.78, 5) is 37.4. The third-order valence-electron chi connectivity index (χ3n) is 5.03. The van der Waals surface area contributed by atoms with Crippen LogP contribution in [0.4, 0.5) is 4.79 Å². The molecule has 130 valence electrons. The van der Waals surface area contributed by atoms with Crippen molar-refractivity contribution in [2.75, 3.05) is 26.2 Å².